The molecular formula is C18H21N3O6. The van der Waals surface area contributed by atoms with E-state index < -0.39 is 18.6 Å². The number of urea groups is 1. The SMILES string of the molecule is CC(NC(=O)CNC(=O)NCc1ccco1)c1ccc(OCC(=O)O)cc1. The van der Waals surface area contributed by atoms with E-state index in [0.29, 0.717) is 11.5 Å². The lowest BCUT2D eigenvalue weighted by Crippen LogP contribution is -2.42. The third-order valence-electron chi connectivity index (χ3n) is 3.53. The standard InChI is InChI=1S/C18H21N3O6/c1-12(13-4-6-14(7-5-13)27-11-17(23)24)21-16(22)10-20-18(25)19-9-15-3-2-8-26-15/h2-8,12H,9-11H2,1H3,(H,21,22)(H,23,24)(H2,19,20,25). The van der Waals surface area contributed by atoms with Crippen molar-refractivity contribution in [3.8, 4) is 5.75 Å². The zero-order valence-corrected chi connectivity index (χ0v) is 14.7. The van der Waals surface area contributed by atoms with Gasteiger partial charge in [-0.2, -0.15) is 0 Å². The van der Waals surface area contributed by atoms with Crippen LogP contribution >= 0.6 is 0 Å². The van der Waals surface area contributed by atoms with Gasteiger partial charge in [0.05, 0.1) is 25.4 Å². The molecule has 2 rings (SSSR count). The predicted molar refractivity (Wildman–Crippen MR) is 95.1 cm³/mol. The normalized spacial score (nSPS) is 11.3. The number of nitrogens with one attached hydrogen (secondary N) is 3. The number of amides is 3. The topological polar surface area (TPSA) is 130 Å². The van der Waals surface area contributed by atoms with Crippen molar-refractivity contribution in [2.75, 3.05) is 13.2 Å². The van der Waals surface area contributed by atoms with E-state index in [1.807, 2.05) is 0 Å². The lowest BCUT2D eigenvalue weighted by Gasteiger charge is -2.15. The average molecular weight is 375 g/mol. The zero-order valence-electron chi connectivity index (χ0n) is 14.7. The molecule has 0 aliphatic carbocycles. The highest BCUT2D eigenvalue weighted by atomic mass is 16.5. The molecular weight excluding hydrogens is 354 g/mol. The number of aliphatic carboxylic acids is 1. The average Bonchev–Trinajstić information content (AvgIpc) is 3.17. The van der Waals surface area contributed by atoms with E-state index in [1.54, 1.807) is 43.3 Å². The maximum Gasteiger partial charge on any atom is 0.341 e. The Bertz CT molecular complexity index is 758. The van der Waals surface area contributed by atoms with Crippen LogP contribution in [0.4, 0.5) is 4.79 Å². The maximum atomic E-state index is 11.9. The predicted octanol–water partition coefficient (Wildman–Crippen LogP) is 1.42. The molecule has 0 bridgehead atoms. The summed E-state index contributed by atoms with van der Waals surface area (Å²) in [5.74, 6) is -0.365. The van der Waals surface area contributed by atoms with Crippen molar-refractivity contribution in [3.05, 3.63) is 54.0 Å². The molecule has 1 heterocycles. The quantitative estimate of drug-likeness (QED) is 0.524. The number of hydrogen-bond donors (Lipinski definition) is 4. The lowest BCUT2D eigenvalue weighted by atomic mass is 10.1. The maximum absolute atomic E-state index is 11.9. The fourth-order valence-corrected chi connectivity index (χ4v) is 2.18. The number of carboxylic acids is 1. The van der Waals surface area contributed by atoms with Gasteiger partial charge in [-0.3, -0.25) is 4.79 Å². The van der Waals surface area contributed by atoms with Crippen LogP contribution < -0.4 is 20.7 Å². The van der Waals surface area contributed by atoms with Gasteiger partial charge in [-0.15, -0.1) is 0 Å². The summed E-state index contributed by atoms with van der Waals surface area (Å²) in [6.45, 7) is 1.43. The van der Waals surface area contributed by atoms with Crippen LogP contribution in [-0.2, 0) is 16.1 Å². The largest absolute Gasteiger partial charge is 0.482 e. The molecule has 0 aliphatic rings. The van der Waals surface area contributed by atoms with E-state index in [4.69, 9.17) is 14.3 Å². The van der Waals surface area contributed by atoms with Crippen LogP contribution in [0.5, 0.6) is 5.75 Å². The Morgan fingerprint density at radius 2 is 1.89 bits per heavy atom. The number of carboxylic acid groups (broad SMARTS) is 1. The summed E-state index contributed by atoms with van der Waals surface area (Å²) in [7, 11) is 0. The number of furan rings is 1. The highest BCUT2D eigenvalue weighted by Crippen LogP contribution is 2.17. The van der Waals surface area contributed by atoms with Gasteiger partial charge in [-0.25, -0.2) is 9.59 Å². The van der Waals surface area contributed by atoms with Crippen molar-refractivity contribution in [2.45, 2.75) is 19.5 Å². The number of carbonyl (C=O) groups is 3. The molecule has 0 radical (unpaired) electrons. The monoisotopic (exact) mass is 375 g/mol. The Kier molecular flexibility index (Phi) is 7.24. The van der Waals surface area contributed by atoms with Gasteiger partial charge < -0.3 is 30.2 Å². The van der Waals surface area contributed by atoms with E-state index in [2.05, 4.69) is 16.0 Å². The summed E-state index contributed by atoms with van der Waals surface area (Å²) >= 11 is 0. The Morgan fingerprint density at radius 3 is 2.52 bits per heavy atom. The highest BCUT2D eigenvalue weighted by molar-refractivity contribution is 5.84. The molecule has 0 saturated heterocycles. The molecule has 1 unspecified atom stereocenters. The summed E-state index contributed by atoms with van der Waals surface area (Å²) in [4.78, 5) is 34.1. The molecule has 2 aromatic rings. The molecule has 144 valence electrons. The minimum Gasteiger partial charge on any atom is -0.482 e. The molecule has 4 N–H and O–H groups in total. The second kappa shape index (κ2) is 9.85. The minimum atomic E-state index is -1.06. The lowest BCUT2D eigenvalue weighted by molar-refractivity contribution is -0.139. The molecule has 9 nitrogen and oxygen atoms in total. The van der Waals surface area contributed by atoms with Crippen molar-refractivity contribution >= 4 is 17.9 Å². The van der Waals surface area contributed by atoms with E-state index in [0.717, 1.165) is 5.56 Å². The molecule has 0 spiro atoms. The van der Waals surface area contributed by atoms with Gasteiger partial charge in [-0.05, 0) is 36.8 Å². The molecule has 0 aliphatic heterocycles. The van der Waals surface area contributed by atoms with Gasteiger partial charge in [0.25, 0.3) is 0 Å². The van der Waals surface area contributed by atoms with E-state index in [9.17, 15) is 14.4 Å². The number of rotatable bonds is 9. The molecule has 27 heavy (non-hydrogen) atoms. The van der Waals surface area contributed by atoms with Gasteiger partial charge in [0.2, 0.25) is 5.91 Å². The Hall–Kier alpha value is -3.49. The van der Waals surface area contributed by atoms with Crippen LogP contribution in [0.3, 0.4) is 0 Å². The van der Waals surface area contributed by atoms with Crippen molar-refractivity contribution < 1.29 is 28.6 Å². The van der Waals surface area contributed by atoms with Crippen molar-refractivity contribution in [3.63, 3.8) is 0 Å². The molecule has 1 aromatic carbocycles. The Morgan fingerprint density at radius 1 is 1.15 bits per heavy atom. The Labute approximate surface area is 155 Å². The van der Waals surface area contributed by atoms with Gasteiger partial charge >= 0.3 is 12.0 Å². The number of hydrogen-bond acceptors (Lipinski definition) is 5. The number of benzene rings is 1. The summed E-state index contributed by atoms with van der Waals surface area (Å²) in [6.07, 6.45) is 1.51. The van der Waals surface area contributed by atoms with Crippen LogP contribution in [0.1, 0.15) is 24.3 Å². The first-order valence-corrected chi connectivity index (χ1v) is 8.22. The van der Waals surface area contributed by atoms with Crippen molar-refractivity contribution in [1.29, 1.82) is 0 Å². The molecule has 1 atom stereocenters. The first-order valence-electron chi connectivity index (χ1n) is 8.22. The van der Waals surface area contributed by atoms with Crippen molar-refractivity contribution in [2.24, 2.45) is 0 Å². The molecule has 1 aromatic heterocycles. The second-order valence-electron chi connectivity index (χ2n) is 5.66. The van der Waals surface area contributed by atoms with Crippen LogP contribution in [0.25, 0.3) is 0 Å². The summed E-state index contributed by atoms with van der Waals surface area (Å²) in [5.41, 5.74) is 0.813. The van der Waals surface area contributed by atoms with Gasteiger partial charge in [0.1, 0.15) is 11.5 Å². The molecule has 3 amide bonds. The van der Waals surface area contributed by atoms with Crippen molar-refractivity contribution in [1.82, 2.24) is 16.0 Å². The van der Waals surface area contributed by atoms with Crippen LogP contribution in [-0.4, -0.2) is 36.2 Å². The van der Waals surface area contributed by atoms with Crippen LogP contribution in [0, 0.1) is 0 Å². The fourth-order valence-electron chi connectivity index (χ4n) is 2.18. The number of ether oxygens (including phenoxy) is 1. The number of carbonyl (C=O) groups excluding carboxylic acids is 2. The Balaban J connectivity index is 1.71. The highest BCUT2D eigenvalue weighted by Gasteiger charge is 2.11. The molecule has 9 heteroatoms. The van der Waals surface area contributed by atoms with Gasteiger partial charge in [0, 0.05) is 0 Å². The smallest absolute Gasteiger partial charge is 0.341 e. The van der Waals surface area contributed by atoms with Crippen LogP contribution in [0.2, 0.25) is 0 Å². The minimum absolute atomic E-state index is 0.172. The molecule has 0 fully saturated rings. The summed E-state index contributed by atoms with van der Waals surface area (Å²) < 4.78 is 10.1. The fraction of sp³-hybridized carbons (Fsp3) is 0.278. The van der Waals surface area contributed by atoms with Crippen LogP contribution in [0.15, 0.2) is 47.1 Å². The van der Waals surface area contributed by atoms with E-state index in [1.165, 1.54) is 6.26 Å². The molecule has 0 saturated carbocycles. The summed E-state index contributed by atoms with van der Waals surface area (Å²) in [5, 5.41) is 16.4. The third-order valence-corrected chi connectivity index (χ3v) is 3.53. The zero-order chi connectivity index (χ0) is 19.6. The first-order chi connectivity index (χ1) is 12.9. The van der Waals surface area contributed by atoms with E-state index in [-0.39, 0.29) is 25.0 Å². The third kappa shape index (κ3) is 7.10. The second-order valence-corrected chi connectivity index (χ2v) is 5.66. The summed E-state index contributed by atoms with van der Waals surface area (Å²) in [6, 6.07) is 9.38. The first kappa shape index (κ1) is 19.8. The van der Waals surface area contributed by atoms with Gasteiger partial charge in [0.15, 0.2) is 6.61 Å². The van der Waals surface area contributed by atoms with E-state index >= 15 is 0 Å². The van der Waals surface area contributed by atoms with Gasteiger partial charge in [-0.1, -0.05) is 12.1 Å².